The summed E-state index contributed by atoms with van der Waals surface area (Å²) in [5.41, 5.74) is 9.84. The molecule has 2 aliphatic rings. The molecular weight excluding hydrogens is 1710 g/mol. The van der Waals surface area contributed by atoms with Crippen LogP contribution in [-0.4, -0.2) is 219 Å². The molecule has 2 saturated heterocycles. The van der Waals surface area contributed by atoms with E-state index in [9.17, 15) is 19.2 Å². The number of hydrogen-bond donors (Lipinski definition) is 10. The fraction of sp³-hybridized carbons (Fsp3) is 0.250. The van der Waals surface area contributed by atoms with E-state index in [1.165, 1.54) is 90.7 Å². The van der Waals surface area contributed by atoms with Crippen molar-refractivity contribution < 1.29 is 57.9 Å². The summed E-state index contributed by atoms with van der Waals surface area (Å²) in [5, 5.41) is 91.2. The molecule has 18 rings (SSSR count). The average Bonchev–Trinajstić information content (AvgIpc) is 1.66. The van der Waals surface area contributed by atoms with Gasteiger partial charge in [-0.3, -0.25) is 67.9 Å². The van der Waals surface area contributed by atoms with Gasteiger partial charge in [-0.1, -0.05) is 0 Å². The summed E-state index contributed by atoms with van der Waals surface area (Å²) in [7, 11) is 0. The molecule has 0 spiro atoms. The summed E-state index contributed by atoms with van der Waals surface area (Å²) in [4.78, 5) is 103. The van der Waals surface area contributed by atoms with Crippen LogP contribution in [0, 0.1) is 0 Å². The van der Waals surface area contributed by atoms with Crippen molar-refractivity contribution in [2.45, 2.75) is 64.7 Å². The van der Waals surface area contributed by atoms with Crippen molar-refractivity contribution in [1.82, 2.24) is 120 Å². The van der Waals surface area contributed by atoms with Gasteiger partial charge in [0.15, 0.2) is 0 Å². The lowest BCUT2D eigenvalue weighted by molar-refractivity contribution is -0.123. The predicted octanol–water partition coefficient (Wildman–Crippen LogP) is 12.6. The summed E-state index contributed by atoms with van der Waals surface area (Å²) in [6.45, 7) is 9.81. The molecule has 0 saturated carbocycles. The highest BCUT2D eigenvalue weighted by Crippen LogP contribution is 2.37. The Hall–Kier alpha value is -12.6. The molecule has 0 atom stereocenters. The second-order valence-electron chi connectivity index (χ2n) is 24.6. The van der Waals surface area contributed by atoms with Crippen molar-refractivity contribution >= 4 is 150 Å². The smallest absolute Gasteiger partial charge is 0.290 e. The lowest BCUT2D eigenvalue weighted by Gasteiger charge is -2.22. The number of ether oxygens (including phenoxy) is 4. The first kappa shape index (κ1) is 85.3. The molecule has 0 unspecified atom stereocenters. The van der Waals surface area contributed by atoms with Crippen LogP contribution in [0.5, 0.6) is 0 Å². The Morgan fingerprint density at radius 2 is 0.700 bits per heavy atom. The number of H-pyrrole nitrogens is 4. The van der Waals surface area contributed by atoms with Crippen molar-refractivity contribution in [2.24, 2.45) is 0 Å². The topological polar surface area (TPSA) is 517 Å². The second-order valence-corrected chi connectivity index (χ2v) is 31.6. The molecule has 4 amide bonds. The first-order valence-corrected chi connectivity index (χ1v) is 43.3. The van der Waals surface area contributed by atoms with Crippen LogP contribution in [0.4, 0.5) is 22.7 Å². The Morgan fingerprint density at radius 1 is 0.425 bits per heavy atom. The molecule has 16 aromatic rings. The summed E-state index contributed by atoms with van der Waals surface area (Å²) in [5.74, 6) is -1.15. The van der Waals surface area contributed by atoms with E-state index in [-0.39, 0.29) is 48.7 Å². The highest BCUT2D eigenvalue weighted by molar-refractivity contribution is 7.15. The van der Waals surface area contributed by atoms with E-state index in [0.29, 0.717) is 134 Å². The summed E-state index contributed by atoms with van der Waals surface area (Å²) >= 11 is 11.5. The highest BCUT2D eigenvalue weighted by Gasteiger charge is 2.28. The van der Waals surface area contributed by atoms with Gasteiger partial charge in [-0.25, -0.2) is 39.9 Å². The largest absolute Gasteiger partial charge is 0.483 e. The monoisotopic (exact) mass is 1780 g/mol. The zero-order valence-electron chi connectivity index (χ0n) is 63.3. The molecule has 2 fully saturated rings. The number of anilines is 4. The van der Waals surface area contributed by atoms with E-state index in [0.717, 1.165) is 88.0 Å². The quantitative estimate of drug-likeness (QED) is 0.0178. The third-order valence-electron chi connectivity index (χ3n) is 16.9. The Balaban J connectivity index is 0.000000135. The molecule has 120 heavy (non-hydrogen) atoms. The molecule has 10 N–H and O–H groups in total. The van der Waals surface area contributed by atoms with E-state index in [1.807, 2.05) is 57.1 Å². The number of rotatable bonds is 26. The fourth-order valence-electron chi connectivity index (χ4n) is 11.4. The molecule has 48 heteroatoms. The van der Waals surface area contributed by atoms with Gasteiger partial charge in [-0.15, -0.1) is 90.7 Å². The van der Waals surface area contributed by atoms with Crippen molar-refractivity contribution in [1.29, 1.82) is 0 Å². The number of aromatic amines is 4. The van der Waals surface area contributed by atoms with Crippen LogP contribution in [0.25, 0.3) is 85.1 Å². The predicted molar refractivity (Wildman–Crippen MR) is 452 cm³/mol. The molecule has 2 aliphatic heterocycles. The van der Waals surface area contributed by atoms with Crippen LogP contribution < -0.4 is 21.3 Å². The maximum Gasteiger partial charge on any atom is 0.290 e. The van der Waals surface area contributed by atoms with Gasteiger partial charge in [0.05, 0.1) is 85.9 Å². The minimum Gasteiger partial charge on any atom is -0.483 e. The fourth-order valence-corrected chi connectivity index (χ4v) is 17.0. The lowest BCUT2D eigenvalue weighted by atomic mass is 10.1. The molecule has 40 nitrogen and oxygen atoms in total. The van der Waals surface area contributed by atoms with E-state index >= 15 is 0 Å². The van der Waals surface area contributed by atoms with Gasteiger partial charge >= 0.3 is 0 Å². The number of hydrogen-bond acceptors (Lipinski definition) is 34. The van der Waals surface area contributed by atoms with Crippen molar-refractivity contribution in [3.63, 3.8) is 0 Å². The second kappa shape index (κ2) is 43.2. The molecule has 16 aromatic heterocycles. The summed E-state index contributed by atoms with van der Waals surface area (Å²) in [6.07, 6.45) is 31.5. The molecule has 0 aromatic carbocycles. The van der Waals surface area contributed by atoms with Crippen molar-refractivity contribution in [2.75, 3.05) is 74.1 Å². The minimum absolute atomic E-state index is 0.250. The van der Waals surface area contributed by atoms with Gasteiger partial charge in [0.2, 0.25) is 0 Å². The van der Waals surface area contributed by atoms with Gasteiger partial charge in [0.25, 0.3) is 36.6 Å². The molecule has 0 radical (unpaired) electrons. The first-order valence-electron chi connectivity index (χ1n) is 36.3. The van der Waals surface area contributed by atoms with Crippen LogP contribution in [-0.2, 0) is 41.6 Å². The number of amides is 4. The Bertz CT molecular complexity index is 5430. The SMILES string of the molecule is CCOCCn1cc(NC(=O)c2csc(-c3cn[nH]c3)n2)c(-c2nccs2)n1.CCOCCn1cc(NC(=O)c2csc(-c3cn[nH]c3)n2)c(-c2nccs2)n1.O=C(Nc1cn(C2CCOCC2)nc1-c1nccs1)c1csc(-c2cn[nH]c2)n1.O=C(Nc1cn(C2CCOCC2)nc1-c1nccs1)c1csc(-c2cn[nH]c2)n1.O=CO.O=CO. The summed E-state index contributed by atoms with van der Waals surface area (Å²) in [6, 6.07) is 0.500. The van der Waals surface area contributed by atoms with Gasteiger partial charge < -0.3 is 50.4 Å². The standard InChI is InChI=1S/2C18H17N7O2S2.2C17H17N7O2S2.2CH2O2/c2*26-16(14-10-29-17(23-14)11-7-20-21-8-11)22-13-9-25(12-1-4-27-5-2-12)24-15(13)18-19-3-6-28-18;2*1-2-26-5-4-24-9-12(14(23-24)17-18-3-6-27-17)21-15(25)13-10-28-16(22-13)11-7-19-20-8-11;2*2-1-3/h2*3,6-10,12H,1-2,4-5H2,(H,20,21)(H,22,26);2*3,6-10H,2,4-5H2,1H3,(H,19,20)(H,21,25);2*1H,(H,2,3). The summed E-state index contributed by atoms with van der Waals surface area (Å²) < 4.78 is 29.0. The van der Waals surface area contributed by atoms with Gasteiger partial charge in [-0.2, -0.15) is 40.8 Å². The van der Waals surface area contributed by atoms with E-state index < -0.39 is 0 Å². The Kier molecular flexibility index (Phi) is 30.7. The Morgan fingerprint density at radius 3 is 0.950 bits per heavy atom. The van der Waals surface area contributed by atoms with Crippen molar-refractivity contribution in [3.05, 3.63) is 165 Å². The van der Waals surface area contributed by atoms with Crippen LogP contribution in [0.3, 0.4) is 0 Å². The number of thiazole rings is 8. The van der Waals surface area contributed by atoms with Crippen LogP contribution >= 0.6 is 90.7 Å². The number of aromatic nitrogens is 24. The van der Waals surface area contributed by atoms with E-state index in [2.05, 4.69) is 112 Å². The van der Waals surface area contributed by atoms with Gasteiger partial charge in [0, 0.05) is 179 Å². The first-order chi connectivity index (χ1) is 58.9. The van der Waals surface area contributed by atoms with Gasteiger partial charge in [-0.05, 0) is 39.5 Å². The number of nitrogens with zero attached hydrogens (tertiary/aromatic N) is 20. The van der Waals surface area contributed by atoms with Gasteiger partial charge in [0.1, 0.15) is 85.6 Å². The maximum atomic E-state index is 12.8. The van der Waals surface area contributed by atoms with Crippen LogP contribution in [0.2, 0.25) is 0 Å². The molecular formula is C72H72N28O12S8. The number of carbonyl (C=O) groups is 6. The molecule has 0 bridgehead atoms. The minimum atomic E-state index is -0.298. The molecule has 0 aliphatic carbocycles. The van der Waals surface area contributed by atoms with Crippen LogP contribution in [0.15, 0.2) is 142 Å². The molecule has 620 valence electrons. The zero-order chi connectivity index (χ0) is 83.4. The maximum absolute atomic E-state index is 12.8. The van der Waals surface area contributed by atoms with Crippen molar-refractivity contribution in [3.8, 4) is 85.1 Å². The zero-order valence-corrected chi connectivity index (χ0v) is 69.8. The van der Waals surface area contributed by atoms with E-state index in [4.69, 9.17) is 48.9 Å². The Labute approximate surface area is 711 Å². The number of carboxylic acid groups (broad SMARTS) is 2. The average molecular weight is 1780 g/mol. The number of nitrogens with one attached hydrogen (secondary N) is 8. The van der Waals surface area contributed by atoms with Crippen LogP contribution in [0.1, 0.15) is 93.6 Å². The third kappa shape index (κ3) is 22.6. The van der Waals surface area contributed by atoms with E-state index in [1.54, 1.807) is 118 Å². The lowest BCUT2D eigenvalue weighted by Crippen LogP contribution is -2.20. The molecule has 18 heterocycles. The highest BCUT2D eigenvalue weighted by atomic mass is 32.1. The third-order valence-corrected chi connectivity index (χ3v) is 23.6. The number of carbonyl (C=O) groups excluding carboxylic acids is 4. The normalized spacial score (nSPS) is 12.6.